The molecule has 0 aliphatic carbocycles. The Morgan fingerprint density at radius 2 is 2.00 bits per heavy atom. The molecule has 14 heavy (non-hydrogen) atoms. The normalized spacial score (nSPS) is 10.2. The van der Waals surface area contributed by atoms with E-state index in [0.717, 1.165) is 0 Å². The summed E-state index contributed by atoms with van der Waals surface area (Å²) in [5, 5.41) is 8.78. The van der Waals surface area contributed by atoms with Crippen LogP contribution in [0.1, 0.15) is 32.1 Å². The van der Waals surface area contributed by atoms with Crippen molar-refractivity contribution in [2.45, 2.75) is 13.8 Å². The number of aromatic nitrogens is 1. The van der Waals surface area contributed by atoms with E-state index in [1.54, 1.807) is 13.8 Å². The van der Waals surface area contributed by atoms with E-state index >= 15 is 0 Å². The smallest absolute Gasteiger partial charge is 0.352 e. The minimum atomic E-state index is -1.07. The van der Waals surface area contributed by atoms with E-state index in [-0.39, 0.29) is 17.4 Å². The van der Waals surface area contributed by atoms with Gasteiger partial charge in [0.15, 0.2) is 5.78 Å². The predicted octanol–water partition coefficient (Wildman–Crippen LogP) is 1.75. The van der Waals surface area contributed by atoms with E-state index < -0.39 is 5.97 Å². The molecule has 5 heteroatoms. The van der Waals surface area contributed by atoms with E-state index in [1.807, 2.05) is 0 Å². The van der Waals surface area contributed by atoms with Crippen molar-refractivity contribution >= 4 is 23.4 Å². The summed E-state index contributed by atoms with van der Waals surface area (Å²) in [7, 11) is 0. The van der Waals surface area contributed by atoms with Crippen LogP contribution in [0.3, 0.4) is 0 Å². The Morgan fingerprint density at radius 1 is 1.43 bits per heavy atom. The van der Waals surface area contributed by atoms with Gasteiger partial charge in [0.05, 0.1) is 5.88 Å². The number of aryl methyl sites for hydroxylation is 1. The molecule has 0 aliphatic rings. The van der Waals surface area contributed by atoms with E-state index in [4.69, 9.17) is 16.7 Å². The maximum Gasteiger partial charge on any atom is 0.352 e. The summed E-state index contributed by atoms with van der Waals surface area (Å²) in [5.41, 5.74) is 1.43. The topological polar surface area (TPSA) is 70.2 Å². The Morgan fingerprint density at radius 3 is 2.36 bits per heavy atom. The Labute approximate surface area is 85.9 Å². The molecule has 0 fully saturated rings. The number of ketones is 1. The molecule has 1 aromatic rings. The predicted molar refractivity (Wildman–Crippen MR) is 52.3 cm³/mol. The third-order valence-electron chi connectivity index (χ3n) is 2.05. The van der Waals surface area contributed by atoms with Crippen LogP contribution in [-0.2, 0) is 0 Å². The lowest BCUT2D eigenvalue weighted by atomic mass is 10.1. The standard InChI is InChI=1S/C9H10ClNO3/c1-4-7(6(12)3-10)5(2)11-8(4)9(13)14/h11H,3H2,1-2H3,(H,13,14). The molecule has 0 bridgehead atoms. The Bertz CT molecular complexity index is 395. The molecule has 1 aromatic heterocycles. The summed E-state index contributed by atoms with van der Waals surface area (Å²) in [6.07, 6.45) is 0. The van der Waals surface area contributed by atoms with Crippen molar-refractivity contribution in [3.63, 3.8) is 0 Å². The fourth-order valence-electron chi connectivity index (χ4n) is 1.45. The molecule has 0 aliphatic heterocycles. The highest BCUT2D eigenvalue weighted by Crippen LogP contribution is 2.18. The highest BCUT2D eigenvalue weighted by atomic mass is 35.5. The maximum atomic E-state index is 11.3. The number of alkyl halides is 1. The molecule has 4 nitrogen and oxygen atoms in total. The summed E-state index contributed by atoms with van der Waals surface area (Å²) in [4.78, 5) is 24.7. The zero-order chi connectivity index (χ0) is 10.9. The van der Waals surface area contributed by atoms with Gasteiger partial charge in [-0.05, 0) is 19.4 Å². The number of H-pyrrole nitrogens is 1. The molecule has 0 saturated carbocycles. The quantitative estimate of drug-likeness (QED) is 0.596. The van der Waals surface area contributed by atoms with Gasteiger partial charge in [-0.15, -0.1) is 11.6 Å². The van der Waals surface area contributed by atoms with Crippen molar-refractivity contribution in [3.8, 4) is 0 Å². The van der Waals surface area contributed by atoms with Gasteiger partial charge in [0.2, 0.25) is 0 Å². The zero-order valence-electron chi connectivity index (χ0n) is 7.85. The van der Waals surface area contributed by atoms with Gasteiger partial charge in [0.1, 0.15) is 5.69 Å². The van der Waals surface area contributed by atoms with Crippen molar-refractivity contribution < 1.29 is 14.7 Å². The summed E-state index contributed by atoms with van der Waals surface area (Å²) in [6.45, 7) is 3.24. The lowest BCUT2D eigenvalue weighted by Crippen LogP contribution is -2.04. The second kappa shape index (κ2) is 3.84. The summed E-state index contributed by atoms with van der Waals surface area (Å²) in [5.74, 6) is -1.47. The second-order valence-electron chi connectivity index (χ2n) is 2.99. The van der Waals surface area contributed by atoms with E-state index in [0.29, 0.717) is 16.8 Å². The number of hydrogen-bond donors (Lipinski definition) is 2. The van der Waals surface area contributed by atoms with E-state index in [1.165, 1.54) is 0 Å². The number of carboxylic acids is 1. The third-order valence-corrected chi connectivity index (χ3v) is 2.29. The van der Waals surface area contributed by atoms with Crippen molar-refractivity contribution in [3.05, 3.63) is 22.5 Å². The third kappa shape index (κ3) is 1.65. The molecular formula is C9H10ClNO3. The Hall–Kier alpha value is -1.29. The van der Waals surface area contributed by atoms with Crippen LogP contribution < -0.4 is 0 Å². The lowest BCUT2D eigenvalue weighted by molar-refractivity contribution is 0.0690. The number of aromatic carboxylic acids is 1. The molecule has 0 atom stereocenters. The molecule has 0 saturated heterocycles. The summed E-state index contributed by atoms with van der Waals surface area (Å²) in [6, 6.07) is 0. The van der Waals surface area contributed by atoms with Crippen LogP contribution in [-0.4, -0.2) is 27.7 Å². The van der Waals surface area contributed by atoms with Crippen LogP contribution >= 0.6 is 11.6 Å². The molecule has 1 heterocycles. The number of carbonyl (C=O) groups is 2. The van der Waals surface area contributed by atoms with Crippen LogP contribution in [0, 0.1) is 13.8 Å². The van der Waals surface area contributed by atoms with Gasteiger partial charge in [-0.3, -0.25) is 4.79 Å². The number of hydrogen-bond acceptors (Lipinski definition) is 2. The van der Waals surface area contributed by atoms with Crippen LogP contribution in [0.2, 0.25) is 0 Å². The van der Waals surface area contributed by atoms with Crippen LogP contribution in [0.5, 0.6) is 0 Å². The van der Waals surface area contributed by atoms with Gasteiger partial charge >= 0.3 is 5.97 Å². The first-order valence-corrected chi connectivity index (χ1v) is 4.54. The maximum absolute atomic E-state index is 11.3. The van der Waals surface area contributed by atoms with Gasteiger partial charge in [-0.25, -0.2) is 4.79 Å². The molecular weight excluding hydrogens is 206 g/mol. The SMILES string of the molecule is Cc1[nH]c(C(=O)O)c(C)c1C(=O)CCl. The minimum Gasteiger partial charge on any atom is -0.477 e. The number of rotatable bonds is 3. The van der Waals surface area contributed by atoms with Crippen molar-refractivity contribution in [1.82, 2.24) is 4.98 Å². The van der Waals surface area contributed by atoms with Gasteiger partial charge in [-0.2, -0.15) is 0 Å². The summed E-state index contributed by atoms with van der Waals surface area (Å²) < 4.78 is 0. The molecule has 0 aromatic carbocycles. The number of carboxylic acid groups (broad SMARTS) is 1. The van der Waals surface area contributed by atoms with Gasteiger partial charge in [-0.1, -0.05) is 0 Å². The minimum absolute atomic E-state index is 0.0518. The van der Waals surface area contributed by atoms with Crippen LogP contribution in [0.15, 0.2) is 0 Å². The van der Waals surface area contributed by atoms with Gasteiger partial charge in [0.25, 0.3) is 0 Å². The monoisotopic (exact) mass is 215 g/mol. The average molecular weight is 216 g/mol. The van der Waals surface area contributed by atoms with Gasteiger partial charge in [0, 0.05) is 11.3 Å². The molecule has 0 unspecified atom stereocenters. The van der Waals surface area contributed by atoms with Gasteiger partial charge < -0.3 is 10.1 Å². The molecule has 2 N–H and O–H groups in total. The Kier molecular flexibility index (Phi) is 2.96. The number of Topliss-reactive ketones (excluding diaryl/α,β-unsaturated/α-hetero) is 1. The van der Waals surface area contributed by atoms with Crippen LogP contribution in [0.25, 0.3) is 0 Å². The number of carbonyl (C=O) groups excluding carboxylic acids is 1. The molecule has 0 amide bonds. The number of aromatic amines is 1. The van der Waals surface area contributed by atoms with E-state index in [2.05, 4.69) is 4.98 Å². The number of nitrogens with one attached hydrogen (secondary N) is 1. The fraction of sp³-hybridized carbons (Fsp3) is 0.333. The lowest BCUT2D eigenvalue weighted by Gasteiger charge is -1.96. The molecule has 0 radical (unpaired) electrons. The second-order valence-corrected chi connectivity index (χ2v) is 3.25. The first kappa shape index (κ1) is 10.8. The largest absolute Gasteiger partial charge is 0.477 e. The molecule has 0 spiro atoms. The van der Waals surface area contributed by atoms with Crippen molar-refractivity contribution in [2.75, 3.05) is 5.88 Å². The first-order valence-electron chi connectivity index (χ1n) is 4.00. The number of halogens is 1. The van der Waals surface area contributed by atoms with Crippen molar-refractivity contribution in [2.24, 2.45) is 0 Å². The molecule has 76 valence electrons. The van der Waals surface area contributed by atoms with Crippen molar-refractivity contribution in [1.29, 1.82) is 0 Å². The molecule has 1 rings (SSSR count). The highest BCUT2D eigenvalue weighted by Gasteiger charge is 2.20. The zero-order valence-corrected chi connectivity index (χ0v) is 8.60. The first-order chi connectivity index (χ1) is 6.49. The highest BCUT2D eigenvalue weighted by molar-refractivity contribution is 6.31. The Balaban J connectivity index is 3.31. The summed E-state index contributed by atoms with van der Waals surface area (Å²) >= 11 is 5.41. The average Bonchev–Trinajstić information content (AvgIpc) is 2.41. The van der Waals surface area contributed by atoms with E-state index in [9.17, 15) is 9.59 Å². The van der Waals surface area contributed by atoms with Crippen LogP contribution in [0.4, 0.5) is 0 Å². The fourth-order valence-corrected chi connectivity index (χ4v) is 1.58.